The van der Waals surface area contributed by atoms with Gasteiger partial charge >= 0.3 is 0 Å². The minimum absolute atomic E-state index is 0.505. The maximum absolute atomic E-state index is 5.75. The van der Waals surface area contributed by atoms with Gasteiger partial charge in [-0.1, -0.05) is 6.08 Å². The number of hydrogen-bond donors (Lipinski definition) is 0. The fourth-order valence-corrected chi connectivity index (χ4v) is 1.97. The first-order valence-corrected chi connectivity index (χ1v) is 5.29. The van der Waals surface area contributed by atoms with Crippen molar-refractivity contribution >= 4 is 0 Å². The summed E-state index contributed by atoms with van der Waals surface area (Å²) < 4.78 is 5.75. The van der Waals surface area contributed by atoms with E-state index in [4.69, 9.17) is 4.74 Å². The summed E-state index contributed by atoms with van der Waals surface area (Å²) in [6, 6.07) is 0.505. The second-order valence-corrected chi connectivity index (χ2v) is 4.22. The Morgan fingerprint density at radius 3 is 2.92 bits per heavy atom. The molecule has 13 heavy (non-hydrogen) atoms. The molecule has 1 heterocycles. The summed E-state index contributed by atoms with van der Waals surface area (Å²) in [4.78, 5) is 2.47. The highest BCUT2D eigenvalue weighted by atomic mass is 16.5. The Morgan fingerprint density at radius 1 is 1.54 bits per heavy atom. The zero-order valence-corrected chi connectivity index (χ0v) is 8.41. The summed E-state index contributed by atoms with van der Waals surface area (Å²) in [5.74, 6) is 0.861. The van der Waals surface area contributed by atoms with Gasteiger partial charge in [0.05, 0.1) is 12.7 Å². The second kappa shape index (κ2) is 3.81. The lowest BCUT2D eigenvalue weighted by molar-refractivity contribution is -0.0453. The van der Waals surface area contributed by atoms with E-state index in [-0.39, 0.29) is 0 Å². The molecule has 0 aromatic rings. The highest BCUT2D eigenvalue weighted by Crippen LogP contribution is 2.35. The Labute approximate surface area is 80.6 Å². The lowest BCUT2D eigenvalue weighted by Crippen LogP contribution is -2.46. The molecule has 2 nitrogen and oxygen atoms in total. The minimum Gasteiger partial charge on any atom is -0.375 e. The molecule has 0 radical (unpaired) electrons. The molecule has 0 spiro atoms. The fourth-order valence-electron chi connectivity index (χ4n) is 1.97. The third kappa shape index (κ3) is 2.12. The van der Waals surface area contributed by atoms with Crippen LogP contribution in [-0.4, -0.2) is 36.7 Å². The van der Waals surface area contributed by atoms with Crippen molar-refractivity contribution in [2.75, 3.05) is 19.7 Å². The third-order valence-corrected chi connectivity index (χ3v) is 3.19. The van der Waals surface area contributed by atoms with Crippen molar-refractivity contribution in [1.29, 1.82) is 0 Å². The molecule has 2 atom stereocenters. The van der Waals surface area contributed by atoms with Crippen LogP contribution in [0.5, 0.6) is 0 Å². The highest BCUT2D eigenvalue weighted by Gasteiger charge is 2.35. The van der Waals surface area contributed by atoms with Crippen LogP contribution in [0.15, 0.2) is 12.7 Å². The third-order valence-electron chi connectivity index (χ3n) is 3.19. The van der Waals surface area contributed by atoms with Crippen LogP contribution in [0.25, 0.3) is 0 Å². The number of morpholine rings is 1. The van der Waals surface area contributed by atoms with E-state index < -0.39 is 0 Å². The average molecular weight is 181 g/mol. The smallest absolute Gasteiger partial charge is 0.0730 e. The van der Waals surface area contributed by atoms with Crippen molar-refractivity contribution in [2.24, 2.45) is 5.92 Å². The van der Waals surface area contributed by atoms with Gasteiger partial charge in [-0.2, -0.15) is 0 Å². The maximum atomic E-state index is 5.75. The van der Waals surface area contributed by atoms with E-state index in [1.165, 1.54) is 12.8 Å². The maximum Gasteiger partial charge on any atom is 0.0730 e. The van der Waals surface area contributed by atoms with Crippen LogP contribution < -0.4 is 0 Å². The van der Waals surface area contributed by atoms with Gasteiger partial charge in [-0.3, -0.25) is 4.90 Å². The molecule has 2 heteroatoms. The molecule has 0 amide bonds. The molecule has 0 aromatic heterocycles. The summed E-state index contributed by atoms with van der Waals surface area (Å²) in [5, 5.41) is 0. The number of nitrogens with zero attached hydrogens (tertiary/aromatic N) is 1. The standard InChI is InChI=1S/C11H19NO/c1-3-9(2)12-6-7-13-11(8-12)10-4-5-10/h3,9-11H,1,4-8H2,2H3. The second-order valence-electron chi connectivity index (χ2n) is 4.22. The van der Waals surface area contributed by atoms with E-state index in [0.717, 1.165) is 25.6 Å². The number of rotatable bonds is 3. The van der Waals surface area contributed by atoms with Gasteiger partial charge in [0.1, 0.15) is 0 Å². The molecule has 1 saturated heterocycles. The zero-order valence-electron chi connectivity index (χ0n) is 8.41. The highest BCUT2D eigenvalue weighted by molar-refractivity contribution is 4.91. The van der Waals surface area contributed by atoms with Crippen molar-refractivity contribution in [3.05, 3.63) is 12.7 Å². The van der Waals surface area contributed by atoms with E-state index in [1.807, 2.05) is 6.08 Å². The van der Waals surface area contributed by atoms with Gasteiger partial charge in [-0.25, -0.2) is 0 Å². The van der Waals surface area contributed by atoms with Crippen molar-refractivity contribution < 1.29 is 4.74 Å². The minimum atomic E-state index is 0.505. The molecule has 0 bridgehead atoms. The Morgan fingerprint density at radius 2 is 2.31 bits per heavy atom. The van der Waals surface area contributed by atoms with Crippen LogP contribution >= 0.6 is 0 Å². The van der Waals surface area contributed by atoms with Crippen LogP contribution in [0.1, 0.15) is 19.8 Å². The normalized spacial score (nSPS) is 32.8. The molecule has 2 rings (SSSR count). The van der Waals surface area contributed by atoms with Crippen molar-refractivity contribution in [2.45, 2.75) is 31.9 Å². The number of hydrogen-bond acceptors (Lipinski definition) is 2. The van der Waals surface area contributed by atoms with Gasteiger partial charge in [-0.05, 0) is 25.7 Å². The zero-order chi connectivity index (χ0) is 9.26. The predicted octanol–water partition coefficient (Wildman–Crippen LogP) is 1.67. The Balaban J connectivity index is 1.87. The lowest BCUT2D eigenvalue weighted by Gasteiger charge is -2.35. The topological polar surface area (TPSA) is 12.5 Å². The monoisotopic (exact) mass is 181 g/mol. The predicted molar refractivity (Wildman–Crippen MR) is 53.7 cm³/mol. The largest absolute Gasteiger partial charge is 0.375 e. The van der Waals surface area contributed by atoms with E-state index in [2.05, 4.69) is 18.4 Å². The average Bonchev–Trinajstić information content (AvgIpc) is 3.00. The molecule has 2 fully saturated rings. The summed E-state index contributed by atoms with van der Waals surface area (Å²) in [6.45, 7) is 9.13. The van der Waals surface area contributed by atoms with Gasteiger partial charge < -0.3 is 4.74 Å². The Bertz CT molecular complexity index is 189. The van der Waals surface area contributed by atoms with Crippen molar-refractivity contribution in [3.63, 3.8) is 0 Å². The fraction of sp³-hybridized carbons (Fsp3) is 0.818. The van der Waals surface area contributed by atoms with Gasteiger partial charge in [0.25, 0.3) is 0 Å². The summed E-state index contributed by atoms with van der Waals surface area (Å²) in [5.41, 5.74) is 0. The van der Waals surface area contributed by atoms with Crippen LogP contribution in [-0.2, 0) is 4.74 Å². The molecule has 0 N–H and O–H groups in total. The molecule has 1 saturated carbocycles. The van der Waals surface area contributed by atoms with E-state index in [1.54, 1.807) is 0 Å². The molecule has 74 valence electrons. The number of ether oxygens (including phenoxy) is 1. The Kier molecular flexibility index (Phi) is 2.70. The van der Waals surface area contributed by atoms with E-state index >= 15 is 0 Å². The SMILES string of the molecule is C=CC(C)N1CCOC(C2CC2)C1. The van der Waals surface area contributed by atoms with Gasteiger partial charge in [-0.15, -0.1) is 6.58 Å². The van der Waals surface area contributed by atoms with Crippen LogP contribution in [0.3, 0.4) is 0 Å². The van der Waals surface area contributed by atoms with Gasteiger partial charge in [0.15, 0.2) is 0 Å². The lowest BCUT2D eigenvalue weighted by atomic mass is 10.1. The summed E-state index contributed by atoms with van der Waals surface area (Å²) >= 11 is 0. The molecule has 2 unspecified atom stereocenters. The summed E-state index contributed by atoms with van der Waals surface area (Å²) in [7, 11) is 0. The van der Waals surface area contributed by atoms with Crippen LogP contribution in [0.2, 0.25) is 0 Å². The van der Waals surface area contributed by atoms with Crippen molar-refractivity contribution in [1.82, 2.24) is 4.90 Å². The van der Waals surface area contributed by atoms with E-state index in [9.17, 15) is 0 Å². The molecule has 1 aliphatic carbocycles. The molecule has 1 aliphatic heterocycles. The quantitative estimate of drug-likeness (QED) is 0.614. The van der Waals surface area contributed by atoms with Gasteiger partial charge in [0, 0.05) is 19.1 Å². The van der Waals surface area contributed by atoms with Crippen LogP contribution in [0, 0.1) is 5.92 Å². The van der Waals surface area contributed by atoms with Crippen molar-refractivity contribution in [3.8, 4) is 0 Å². The molecular weight excluding hydrogens is 162 g/mol. The van der Waals surface area contributed by atoms with Crippen LogP contribution in [0.4, 0.5) is 0 Å². The first-order chi connectivity index (χ1) is 6.31. The molecular formula is C11H19NO. The summed E-state index contributed by atoms with van der Waals surface area (Å²) in [6.07, 6.45) is 5.29. The first kappa shape index (κ1) is 9.22. The first-order valence-electron chi connectivity index (χ1n) is 5.29. The molecule has 2 aliphatic rings. The van der Waals surface area contributed by atoms with E-state index in [0.29, 0.717) is 12.1 Å². The Hall–Kier alpha value is -0.340. The molecule has 0 aromatic carbocycles. The van der Waals surface area contributed by atoms with Gasteiger partial charge in [0.2, 0.25) is 0 Å².